The van der Waals surface area contributed by atoms with Crippen molar-refractivity contribution >= 4 is 35.2 Å². The molecule has 2 aromatic carbocycles. The van der Waals surface area contributed by atoms with Gasteiger partial charge in [0.05, 0.1) is 17.8 Å². The molecule has 8 nitrogen and oxygen atoms in total. The van der Waals surface area contributed by atoms with Gasteiger partial charge in [0, 0.05) is 24.9 Å². The Labute approximate surface area is 197 Å². The maximum atomic E-state index is 12.3. The molecule has 0 spiro atoms. The van der Waals surface area contributed by atoms with Gasteiger partial charge in [-0.05, 0) is 43.7 Å². The topological polar surface area (TPSA) is 89.4 Å². The van der Waals surface area contributed by atoms with E-state index in [1.54, 1.807) is 40.1 Å². The highest BCUT2D eigenvalue weighted by Gasteiger charge is 2.12. The molecule has 2 amide bonds. The second-order valence-corrected chi connectivity index (χ2v) is 7.56. The Balaban J connectivity index is 1.52. The lowest BCUT2D eigenvalue weighted by molar-refractivity contribution is -0.133. The van der Waals surface area contributed by atoms with E-state index < -0.39 is 0 Å². The molecule has 9 heteroatoms. The Hall–Kier alpha value is -3.65. The fraction of sp³-hybridized carbons (Fsp3) is 0.250. The summed E-state index contributed by atoms with van der Waals surface area (Å²) in [5.41, 5.74) is 2.18. The normalized spacial score (nSPS) is 10.9. The summed E-state index contributed by atoms with van der Waals surface area (Å²) in [7, 11) is 0. The lowest BCUT2D eigenvalue weighted by Gasteiger charge is -2.19. The molecule has 0 saturated heterocycles. The number of ether oxygens (including phenoxy) is 1. The number of halogens is 1. The van der Waals surface area contributed by atoms with Crippen molar-refractivity contribution in [3.8, 4) is 5.75 Å². The molecule has 3 rings (SSSR count). The van der Waals surface area contributed by atoms with Crippen molar-refractivity contribution in [2.45, 2.75) is 20.4 Å². The number of anilines is 1. The highest BCUT2D eigenvalue weighted by molar-refractivity contribution is 6.32. The summed E-state index contributed by atoms with van der Waals surface area (Å²) in [5.74, 6) is -0.0749. The third-order valence-electron chi connectivity index (χ3n) is 4.82. The summed E-state index contributed by atoms with van der Waals surface area (Å²) in [5, 5.41) is 11.2. The molecule has 0 fully saturated rings. The minimum atomic E-state index is -0.339. The SMILES string of the molecule is CCN(CC)C(=O)COc1ccc(NC(=O)/C=C/c2cn(Cc3ccccc3)nn2)cc1Cl. The fourth-order valence-electron chi connectivity index (χ4n) is 3.09. The van der Waals surface area contributed by atoms with E-state index in [4.69, 9.17) is 16.3 Å². The van der Waals surface area contributed by atoms with Crippen LogP contribution in [-0.2, 0) is 16.1 Å². The fourth-order valence-corrected chi connectivity index (χ4v) is 3.32. The van der Waals surface area contributed by atoms with Crippen molar-refractivity contribution in [1.29, 1.82) is 0 Å². The van der Waals surface area contributed by atoms with E-state index in [2.05, 4.69) is 15.6 Å². The molecule has 0 radical (unpaired) electrons. The van der Waals surface area contributed by atoms with Gasteiger partial charge >= 0.3 is 0 Å². The first-order chi connectivity index (χ1) is 16.0. The van der Waals surface area contributed by atoms with E-state index in [0.717, 1.165) is 5.56 Å². The summed E-state index contributed by atoms with van der Waals surface area (Å²) < 4.78 is 7.23. The predicted octanol–water partition coefficient (Wildman–Crippen LogP) is 3.88. The van der Waals surface area contributed by atoms with Gasteiger partial charge in [-0.15, -0.1) is 5.10 Å². The van der Waals surface area contributed by atoms with Crippen LogP contribution in [0, 0.1) is 0 Å². The summed E-state index contributed by atoms with van der Waals surface area (Å²) in [4.78, 5) is 26.0. The van der Waals surface area contributed by atoms with Crippen LogP contribution in [0.1, 0.15) is 25.1 Å². The van der Waals surface area contributed by atoms with Gasteiger partial charge in [0.25, 0.3) is 5.91 Å². The molecule has 172 valence electrons. The predicted molar refractivity (Wildman–Crippen MR) is 128 cm³/mol. The van der Waals surface area contributed by atoms with Gasteiger partial charge in [0.1, 0.15) is 11.4 Å². The second kappa shape index (κ2) is 11.8. The van der Waals surface area contributed by atoms with Crippen LogP contribution >= 0.6 is 11.6 Å². The Morgan fingerprint density at radius 1 is 1.15 bits per heavy atom. The van der Waals surface area contributed by atoms with Crippen molar-refractivity contribution < 1.29 is 14.3 Å². The number of rotatable bonds is 10. The molecule has 1 aromatic heterocycles. The first-order valence-electron chi connectivity index (χ1n) is 10.6. The molecule has 0 unspecified atom stereocenters. The van der Waals surface area contributed by atoms with Gasteiger partial charge in [-0.1, -0.05) is 47.1 Å². The van der Waals surface area contributed by atoms with Crippen LogP contribution in [0.4, 0.5) is 5.69 Å². The third-order valence-corrected chi connectivity index (χ3v) is 5.11. The largest absolute Gasteiger partial charge is 0.482 e. The molecule has 1 heterocycles. The van der Waals surface area contributed by atoms with E-state index in [9.17, 15) is 9.59 Å². The van der Waals surface area contributed by atoms with E-state index in [-0.39, 0.29) is 18.4 Å². The minimum absolute atomic E-state index is 0.0964. The van der Waals surface area contributed by atoms with Gasteiger partial charge in [-0.3, -0.25) is 9.59 Å². The lowest BCUT2D eigenvalue weighted by Crippen LogP contribution is -2.34. The van der Waals surface area contributed by atoms with Gasteiger partial charge in [-0.2, -0.15) is 0 Å². The molecule has 0 aliphatic heterocycles. The van der Waals surface area contributed by atoms with E-state index in [1.165, 1.54) is 6.08 Å². The maximum absolute atomic E-state index is 12.3. The number of hydrogen-bond donors (Lipinski definition) is 1. The monoisotopic (exact) mass is 467 g/mol. The van der Waals surface area contributed by atoms with E-state index in [0.29, 0.717) is 41.8 Å². The Kier molecular flexibility index (Phi) is 8.60. The zero-order chi connectivity index (χ0) is 23.6. The van der Waals surface area contributed by atoms with Crippen molar-refractivity contribution in [3.63, 3.8) is 0 Å². The number of likely N-dealkylation sites (N-methyl/N-ethyl adjacent to an activating group) is 1. The lowest BCUT2D eigenvalue weighted by atomic mass is 10.2. The number of nitrogens with zero attached hydrogens (tertiary/aromatic N) is 4. The highest BCUT2D eigenvalue weighted by Crippen LogP contribution is 2.27. The molecular weight excluding hydrogens is 442 g/mol. The van der Waals surface area contributed by atoms with E-state index >= 15 is 0 Å². The van der Waals surface area contributed by atoms with Gasteiger partial charge < -0.3 is 15.0 Å². The number of benzene rings is 2. The third kappa shape index (κ3) is 7.18. The highest BCUT2D eigenvalue weighted by atomic mass is 35.5. The molecule has 33 heavy (non-hydrogen) atoms. The average Bonchev–Trinajstić information content (AvgIpc) is 3.26. The standard InChI is InChI=1S/C24H26ClN5O3/c1-3-29(4-2)24(32)17-33-22-12-10-19(14-21(22)25)26-23(31)13-11-20-16-30(28-27-20)15-18-8-6-5-7-9-18/h5-14,16H,3-4,15,17H2,1-2H3,(H,26,31)/b13-11+. The Bertz CT molecular complexity index is 1110. The molecule has 0 bridgehead atoms. The zero-order valence-electron chi connectivity index (χ0n) is 18.6. The maximum Gasteiger partial charge on any atom is 0.260 e. The van der Waals surface area contributed by atoms with Crippen LogP contribution in [0.5, 0.6) is 5.75 Å². The summed E-state index contributed by atoms with van der Waals surface area (Å²) in [6.07, 6.45) is 4.72. The summed E-state index contributed by atoms with van der Waals surface area (Å²) in [6, 6.07) is 14.8. The summed E-state index contributed by atoms with van der Waals surface area (Å²) >= 11 is 6.25. The summed E-state index contributed by atoms with van der Waals surface area (Å²) in [6.45, 7) is 5.56. The van der Waals surface area contributed by atoms with Gasteiger partial charge in [-0.25, -0.2) is 4.68 Å². The molecule has 1 N–H and O–H groups in total. The van der Waals surface area contributed by atoms with Crippen LogP contribution in [0.2, 0.25) is 5.02 Å². The van der Waals surface area contributed by atoms with E-state index in [1.807, 2.05) is 44.2 Å². The van der Waals surface area contributed by atoms with Crippen LogP contribution < -0.4 is 10.1 Å². The first kappa shape index (κ1) is 24.0. The number of nitrogens with one attached hydrogen (secondary N) is 1. The molecule has 0 saturated carbocycles. The van der Waals surface area contributed by atoms with Gasteiger partial charge in [0.2, 0.25) is 5.91 Å². The number of hydrogen-bond acceptors (Lipinski definition) is 5. The van der Waals surface area contributed by atoms with Crippen LogP contribution in [0.3, 0.4) is 0 Å². The van der Waals surface area contributed by atoms with Gasteiger partial charge in [0.15, 0.2) is 6.61 Å². The molecule has 0 aliphatic rings. The minimum Gasteiger partial charge on any atom is -0.482 e. The van der Waals surface area contributed by atoms with Crippen molar-refractivity contribution in [3.05, 3.63) is 77.1 Å². The Morgan fingerprint density at radius 2 is 1.91 bits per heavy atom. The number of aromatic nitrogens is 3. The van der Waals surface area contributed by atoms with Crippen LogP contribution in [0.15, 0.2) is 60.8 Å². The second-order valence-electron chi connectivity index (χ2n) is 7.15. The quantitative estimate of drug-likeness (QED) is 0.457. The van der Waals surface area contributed by atoms with Crippen molar-refractivity contribution in [1.82, 2.24) is 19.9 Å². The molecule has 0 atom stereocenters. The first-order valence-corrected chi connectivity index (χ1v) is 11.0. The van der Waals surface area contributed by atoms with Crippen LogP contribution in [0.25, 0.3) is 6.08 Å². The van der Waals surface area contributed by atoms with Crippen molar-refractivity contribution in [2.24, 2.45) is 0 Å². The number of amides is 2. The molecule has 0 aliphatic carbocycles. The number of carbonyl (C=O) groups excluding carboxylic acids is 2. The zero-order valence-corrected chi connectivity index (χ0v) is 19.3. The average molecular weight is 468 g/mol. The van der Waals surface area contributed by atoms with Crippen molar-refractivity contribution in [2.75, 3.05) is 25.0 Å². The Morgan fingerprint density at radius 3 is 2.61 bits per heavy atom. The smallest absolute Gasteiger partial charge is 0.260 e. The molecular formula is C24H26ClN5O3. The van der Waals surface area contributed by atoms with Crippen LogP contribution in [-0.4, -0.2) is 51.4 Å². The number of carbonyl (C=O) groups is 2. The molecule has 3 aromatic rings.